The van der Waals surface area contributed by atoms with Gasteiger partial charge in [0.25, 0.3) is 5.91 Å². The summed E-state index contributed by atoms with van der Waals surface area (Å²) in [6.07, 6.45) is 5.83. The summed E-state index contributed by atoms with van der Waals surface area (Å²) in [5, 5.41) is 14.4. The number of amides is 1. The Morgan fingerprint density at radius 2 is 1.88 bits per heavy atom. The highest BCUT2D eigenvalue weighted by atomic mass is 32.1. The van der Waals surface area contributed by atoms with Gasteiger partial charge in [0.2, 0.25) is 0 Å². The largest absolute Gasteiger partial charge is 0.507 e. The van der Waals surface area contributed by atoms with Crippen LogP contribution in [0.2, 0.25) is 0 Å². The maximum absolute atomic E-state index is 13.2. The lowest BCUT2D eigenvalue weighted by Gasteiger charge is -2.21. The Kier molecular flexibility index (Phi) is 7.45. The summed E-state index contributed by atoms with van der Waals surface area (Å²) in [5.74, 6) is 0.117. The number of rotatable bonds is 8. The minimum Gasteiger partial charge on any atom is -0.507 e. The van der Waals surface area contributed by atoms with Crippen LogP contribution in [0.4, 0.5) is 10.7 Å². The number of aromatic hydroxyl groups is 1. The first kappa shape index (κ1) is 23.1. The van der Waals surface area contributed by atoms with Gasteiger partial charge in [0, 0.05) is 48.0 Å². The molecule has 1 aliphatic carbocycles. The van der Waals surface area contributed by atoms with Gasteiger partial charge < -0.3 is 15.3 Å². The fourth-order valence-corrected chi connectivity index (χ4v) is 5.53. The van der Waals surface area contributed by atoms with Gasteiger partial charge >= 0.3 is 0 Å². The summed E-state index contributed by atoms with van der Waals surface area (Å²) in [6, 6.07) is 15.6. The molecule has 0 atom stereocenters. The average molecular weight is 462 g/mol. The maximum atomic E-state index is 13.2. The van der Waals surface area contributed by atoms with Crippen LogP contribution >= 0.6 is 11.3 Å². The predicted molar refractivity (Wildman–Crippen MR) is 137 cm³/mol. The lowest BCUT2D eigenvalue weighted by Crippen LogP contribution is -2.24. The van der Waals surface area contributed by atoms with Crippen LogP contribution in [0.15, 0.2) is 53.5 Å². The topological polar surface area (TPSA) is 64.9 Å². The number of benzene rings is 2. The fraction of sp³-hybridized carbons (Fsp3) is 0.333. The van der Waals surface area contributed by atoms with E-state index in [2.05, 4.69) is 24.1 Å². The number of fused-ring (bicyclic) bond motifs is 1. The van der Waals surface area contributed by atoms with E-state index in [1.54, 1.807) is 23.6 Å². The first-order valence-electron chi connectivity index (χ1n) is 11.7. The summed E-state index contributed by atoms with van der Waals surface area (Å²) < 4.78 is 0. The molecule has 5 nitrogen and oxygen atoms in total. The number of hydrogen-bond donors (Lipinski definition) is 2. The molecule has 0 bridgehead atoms. The van der Waals surface area contributed by atoms with Crippen molar-refractivity contribution in [3.63, 3.8) is 0 Å². The van der Waals surface area contributed by atoms with Crippen molar-refractivity contribution >= 4 is 34.1 Å². The lowest BCUT2D eigenvalue weighted by atomic mass is 9.95. The highest BCUT2D eigenvalue weighted by Crippen LogP contribution is 2.40. The van der Waals surface area contributed by atoms with Crippen LogP contribution in [-0.4, -0.2) is 30.3 Å². The van der Waals surface area contributed by atoms with E-state index in [0.29, 0.717) is 17.7 Å². The monoisotopic (exact) mass is 461 g/mol. The van der Waals surface area contributed by atoms with Crippen LogP contribution < -0.4 is 10.2 Å². The summed E-state index contributed by atoms with van der Waals surface area (Å²) in [6.45, 7) is 6.44. The van der Waals surface area contributed by atoms with Gasteiger partial charge in [-0.1, -0.05) is 30.3 Å². The number of nitrogens with zero attached hydrogens (tertiary/aromatic N) is 2. The van der Waals surface area contributed by atoms with Crippen molar-refractivity contribution in [2.75, 3.05) is 18.0 Å². The van der Waals surface area contributed by atoms with Crippen molar-refractivity contribution in [1.29, 1.82) is 0 Å². The molecular weight excluding hydrogens is 430 g/mol. The summed E-state index contributed by atoms with van der Waals surface area (Å²) >= 11 is 1.60. The Morgan fingerprint density at radius 3 is 2.61 bits per heavy atom. The average Bonchev–Trinajstić information content (AvgIpc) is 3.22. The predicted octanol–water partition coefficient (Wildman–Crippen LogP) is 5.86. The Labute approximate surface area is 199 Å². The highest BCUT2D eigenvalue weighted by molar-refractivity contribution is 7.16. The molecule has 0 fully saturated rings. The van der Waals surface area contributed by atoms with E-state index in [4.69, 9.17) is 4.99 Å². The second kappa shape index (κ2) is 10.7. The molecule has 1 amide bonds. The third kappa shape index (κ3) is 5.28. The molecule has 0 spiro atoms. The molecule has 1 aromatic heterocycles. The molecule has 6 heteroatoms. The molecule has 3 aromatic rings. The fourth-order valence-electron chi connectivity index (χ4n) is 4.30. The van der Waals surface area contributed by atoms with Gasteiger partial charge in [-0.15, -0.1) is 11.3 Å². The molecule has 2 N–H and O–H groups in total. The maximum Gasteiger partial charge on any atom is 0.254 e. The Hall–Kier alpha value is -3.12. The number of thiophene rings is 1. The molecule has 0 aliphatic heterocycles. The number of aliphatic imine (C=N–C) groups is 1. The van der Waals surface area contributed by atoms with E-state index in [9.17, 15) is 9.90 Å². The number of phenols is 1. The van der Waals surface area contributed by atoms with Crippen LogP contribution in [0.3, 0.4) is 0 Å². The van der Waals surface area contributed by atoms with Crippen molar-refractivity contribution in [2.45, 2.75) is 46.1 Å². The van der Waals surface area contributed by atoms with E-state index < -0.39 is 0 Å². The van der Waals surface area contributed by atoms with E-state index in [1.807, 2.05) is 42.5 Å². The molecule has 2 aromatic carbocycles. The van der Waals surface area contributed by atoms with Gasteiger partial charge in [-0.2, -0.15) is 0 Å². The number of nitrogens with one attached hydrogen (secondary N) is 1. The lowest BCUT2D eigenvalue weighted by molar-refractivity contribution is 0.0951. The molecule has 4 rings (SSSR count). The van der Waals surface area contributed by atoms with Crippen molar-refractivity contribution in [3.8, 4) is 5.75 Å². The molecule has 1 aliphatic rings. The second-order valence-corrected chi connectivity index (χ2v) is 9.32. The quantitative estimate of drug-likeness (QED) is 0.413. The van der Waals surface area contributed by atoms with Crippen LogP contribution in [0, 0.1) is 0 Å². The van der Waals surface area contributed by atoms with Gasteiger partial charge in [0.1, 0.15) is 10.8 Å². The number of carbonyl (C=O) groups is 1. The zero-order chi connectivity index (χ0) is 23.2. The van der Waals surface area contributed by atoms with E-state index >= 15 is 0 Å². The normalized spacial score (nSPS) is 13.2. The Bertz CT molecular complexity index is 1130. The Morgan fingerprint density at radius 1 is 1.12 bits per heavy atom. The van der Waals surface area contributed by atoms with Gasteiger partial charge in [-0.05, 0) is 62.8 Å². The minimum atomic E-state index is -0.0773. The number of hydrogen-bond acceptors (Lipinski definition) is 5. The first-order chi connectivity index (χ1) is 16.1. The third-order valence-electron chi connectivity index (χ3n) is 6.14. The van der Waals surface area contributed by atoms with Crippen LogP contribution in [-0.2, 0) is 19.4 Å². The van der Waals surface area contributed by atoms with Crippen molar-refractivity contribution in [1.82, 2.24) is 5.32 Å². The zero-order valence-electron chi connectivity index (χ0n) is 19.3. The smallest absolute Gasteiger partial charge is 0.254 e. The SMILES string of the molecule is CCN(CC)c1ccc(C=Nc2sc3c(c2C(=O)NCc2ccccc2)CCCC3)c(O)c1. The van der Waals surface area contributed by atoms with Crippen LogP contribution in [0.5, 0.6) is 5.75 Å². The molecule has 1 heterocycles. The minimum absolute atomic E-state index is 0.0773. The zero-order valence-corrected chi connectivity index (χ0v) is 20.1. The van der Waals surface area contributed by atoms with Crippen LogP contribution in [0.1, 0.15) is 58.6 Å². The highest BCUT2D eigenvalue weighted by Gasteiger charge is 2.25. The molecule has 33 heavy (non-hydrogen) atoms. The number of carbonyl (C=O) groups excluding carboxylic acids is 1. The van der Waals surface area contributed by atoms with Gasteiger partial charge in [-0.25, -0.2) is 4.99 Å². The molecule has 0 unspecified atom stereocenters. The first-order valence-corrected chi connectivity index (χ1v) is 12.5. The molecule has 0 saturated heterocycles. The molecule has 0 radical (unpaired) electrons. The standard InChI is InChI=1S/C27H31N3O2S/c1-3-30(4-2)21-15-14-20(23(31)16-21)18-29-27-25(22-12-8-9-13-24(22)33-27)26(32)28-17-19-10-6-5-7-11-19/h5-7,10-11,14-16,18,31H,3-4,8-9,12-13,17H2,1-2H3,(H,28,32). The number of phenolic OH excluding ortho intramolecular Hbond substituents is 1. The van der Waals surface area contributed by atoms with E-state index in [-0.39, 0.29) is 11.7 Å². The number of aryl methyl sites for hydroxylation is 1. The Balaban J connectivity index is 1.59. The summed E-state index contributed by atoms with van der Waals surface area (Å²) in [5.41, 5.74) is 4.54. The van der Waals surface area contributed by atoms with E-state index in [0.717, 1.165) is 60.6 Å². The molecular formula is C27H31N3O2S. The van der Waals surface area contributed by atoms with Crippen LogP contribution in [0.25, 0.3) is 0 Å². The van der Waals surface area contributed by atoms with Gasteiger partial charge in [0.05, 0.1) is 5.56 Å². The van der Waals surface area contributed by atoms with E-state index in [1.165, 1.54) is 4.88 Å². The second-order valence-electron chi connectivity index (χ2n) is 8.23. The molecule has 172 valence electrons. The number of anilines is 1. The summed E-state index contributed by atoms with van der Waals surface area (Å²) in [7, 11) is 0. The van der Waals surface area contributed by atoms with Crippen molar-refractivity contribution in [2.24, 2.45) is 4.99 Å². The third-order valence-corrected chi connectivity index (χ3v) is 7.34. The van der Waals surface area contributed by atoms with Gasteiger partial charge in [-0.3, -0.25) is 4.79 Å². The van der Waals surface area contributed by atoms with Crippen molar-refractivity contribution < 1.29 is 9.90 Å². The summed E-state index contributed by atoms with van der Waals surface area (Å²) in [4.78, 5) is 21.3. The van der Waals surface area contributed by atoms with Crippen molar-refractivity contribution in [3.05, 3.63) is 75.7 Å². The van der Waals surface area contributed by atoms with Gasteiger partial charge in [0.15, 0.2) is 0 Å². The molecule has 0 saturated carbocycles.